The predicted octanol–water partition coefficient (Wildman–Crippen LogP) is 2.39. The number of anilines is 2. The number of carbonyl (C=O) groups is 2. The Labute approximate surface area is 157 Å². The fraction of sp³-hybridized carbons (Fsp3) is 0.389. The van der Waals surface area contributed by atoms with Crippen molar-refractivity contribution in [1.82, 2.24) is 5.16 Å². The van der Waals surface area contributed by atoms with Gasteiger partial charge in [0.05, 0.1) is 27.0 Å². The second kappa shape index (κ2) is 8.93. The maximum atomic E-state index is 12.1. The Balaban J connectivity index is 2.17. The van der Waals surface area contributed by atoms with Crippen molar-refractivity contribution < 1.29 is 28.3 Å². The van der Waals surface area contributed by atoms with Crippen LogP contribution in [0.25, 0.3) is 0 Å². The predicted molar refractivity (Wildman–Crippen MR) is 98.6 cm³/mol. The van der Waals surface area contributed by atoms with Crippen molar-refractivity contribution in [3.8, 4) is 17.2 Å². The lowest BCUT2D eigenvalue weighted by atomic mass is 10.2. The van der Waals surface area contributed by atoms with E-state index >= 15 is 0 Å². The third-order valence-corrected chi connectivity index (χ3v) is 3.80. The van der Waals surface area contributed by atoms with Crippen LogP contribution in [-0.2, 0) is 9.59 Å². The molecule has 0 saturated carbocycles. The van der Waals surface area contributed by atoms with E-state index in [2.05, 4.69) is 10.5 Å². The van der Waals surface area contributed by atoms with Crippen LogP contribution >= 0.6 is 0 Å². The molecule has 1 aromatic carbocycles. The highest BCUT2D eigenvalue weighted by atomic mass is 16.5. The van der Waals surface area contributed by atoms with Crippen molar-refractivity contribution in [3.05, 3.63) is 24.0 Å². The molecule has 0 spiro atoms. The van der Waals surface area contributed by atoms with Gasteiger partial charge >= 0.3 is 0 Å². The number of methoxy groups -OCH3 is 3. The number of amides is 2. The van der Waals surface area contributed by atoms with Gasteiger partial charge in [-0.15, -0.1) is 0 Å². The summed E-state index contributed by atoms with van der Waals surface area (Å²) in [6.07, 6.45) is 0.0716. The van der Waals surface area contributed by atoms with E-state index in [0.717, 1.165) is 0 Å². The molecule has 27 heavy (non-hydrogen) atoms. The molecule has 0 saturated heterocycles. The van der Waals surface area contributed by atoms with Crippen LogP contribution in [0.3, 0.4) is 0 Å². The summed E-state index contributed by atoms with van der Waals surface area (Å²) in [5.74, 6) is 1.66. The van der Waals surface area contributed by atoms with E-state index < -0.39 is 0 Å². The number of nitrogens with zero attached hydrogens (tertiary/aromatic N) is 2. The summed E-state index contributed by atoms with van der Waals surface area (Å²) in [6.45, 7) is 3.31. The fourth-order valence-corrected chi connectivity index (χ4v) is 2.54. The fourth-order valence-electron chi connectivity index (χ4n) is 2.54. The summed E-state index contributed by atoms with van der Waals surface area (Å²) >= 11 is 0. The van der Waals surface area contributed by atoms with Crippen molar-refractivity contribution in [2.75, 3.05) is 38.1 Å². The number of rotatable bonds is 8. The largest absolute Gasteiger partial charge is 0.493 e. The number of hydrogen-bond donors (Lipinski definition) is 1. The van der Waals surface area contributed by atoms with Crippen LogP contribution in [0, 0.1) is 6.92 Å². The van der Waals surface area contributed by atoms with Crippen molar-refractivity contribution >= 4 is 23.3 Å². The van der Waals surface area contributed by atoms with Crippen LogP contribution in [0.15, 0.2) is 22.7 Å². The Morgan fingerprint density at radius 3 is 2.19 bits per heavy atom. The molecule has 0 unspecified atom stereocenters. The minimum atomic E-state index is -0.290. The maximum absolute atomic E-state index is 12.1. The lowest BCUT2D eigenvalue weighted by Crippen LogP contribution is -2.32. The third-order valence-electron chi connectivity index (χ3n) is 3.80. The molecule has 1 heterocycles. The Morgan fingerprint density at radius 2 is 1.74 bits per heavy atom. The normalized spacial score (nSPS) is 10.3. The van der Waals surface area contributed by atoms with E-state index in [1.54, 1.807) is 25.1 Å². The highest BCUT2D eigenvalue weighted by molar-refractivity contribution is 5.95. The Kier molecular flexibility index (Phi) is 6.64. The van der Waals surface area contributed by atoms with Crippen molar-refractivity contribution in [2.45, 2.75) is 20.3 Å². The zero-order valence-corrected chi connectivity index (χ0v) is 16.0. The number of carbonyl (C=O) groups excluding carboxylic acids is 2. The standard InChI is InChI=1S/C18H23N3O6/c1-11-8-16(20-27-11)19-17(23)6-7-21(12(2)22)13-9-14(24-3)18(26-5)15(10-13)25-4/h8-10H,6-7H2,1-5H3,(H,19,20,23). The second-order valence-electron chi connectivity index (χ2n) is 5.68. The van der Waals surface area contributed by atoms with Gasteiger partial charge in [0, 0.05) is 38.1 Å². The summed E-state index contributed by atoms with van der Waals surface area (Å²) in [5.41, 5.74) is 0.530. The van der Waals surface area contributed by atoms with Crippen LogP contribution in [0.2, 0.25) is 0 Å². The molecule has 0 aliphatic heterocycles. The molecule has 0 aliphatic rings. The van der Waals surface area contributed by atoms with Gasteiger partial charge in [-0.25, -0.2) is 0 Å². The van der Waals surface area contributed by atoms with Gasteiger partial charge in [0.15, 0.2) is 17.3 Å². The molecule has 0 fully saturated rings. The summed E-state index contributed by atoms with van der Waals surface area (Å²) in [7, 11) is 4.48. The van der Waals surface area contributed by atoms with Gasteiger partial charge in [-0.3, -0.25) is 9.59 Å². The molecular weight excluding hydrogens is 354 g/mol. The monoisotopic (exact) mass is 377 g/mol. The average Bonchev–Trinajstić information content (AvgIpc) is 3.05. The van der Waals surface area contributed by atoms with Crippen molar-refractivity contribution in [2.24, 2.45) is 0 Å². The topological polar surface area (TPSA) is 103 Å². The SMILES string of the molecule is COc1cc(N(CCC(=O)Nc2cc(C)on2)C(C)=O)cc(OC)c1OC. The summed E-state index contributed by atoms with van der Waals surface area (Å²) in [5, 5.41) is 6.33. The van der Waals surface area contributed by atoms with Gasteiger partial charge in [0.25, 0.3) is 0 Å². The number of hydrogen-bond acceptors (Lipinski definition) is 7. The quantitative estimate of drug-likeness (QED) is 0.753. The van der Waals surface area contributed by atoms with E-state index in [1.807, 2.05) is 0 Å². The third kappa shape index (κ3) is 4.90. The van der Waals surface area contributed by atoms with E-state index in [1.165, 1.54) is 33.2 Å². The van der Waals surface area contributed by atoms with E-state index in [4.69, 9.17) is 18.7 Å². The Hall–Kier alpha value is -3.23. The molecule has 9 nitrogen and oxygen atoms in total. The van der Waals surface area contributed by atoms with E-state index in [0.29, 0.717) is 34.5 Å². The molecule has 2 rings (SSSR count). The van der Waals surface area contributed by atoms with Gasteiger partial charge in [-0.2, -0.15) is 0 Å². The first-order chi connectivity index (χ1) is 12.9. The molecule has 2 aromatic rings. The first-order valence-corrected chi connectivity index (χ1v) is 8.20. The average molecular weight is 377 g/mol. The van der Waals surface area contributed by atoms with E-state index in [9.17, 15) is 9.59 Å². The molecule has 1 N–H and O–H groups in total. The summed E-state index contributed by atoms with van der Waals surface area (Å²) in [6, 6.07) is 4.92. The molecule has 2 amide bonds. The molecular formula is C18H23N3O6. The van der Waals surface area contributed by atoms with Crippen LogP contribution in [0.1, 0.15) is 19.1 Å². The zero-order chi connectivity index (χ0) is 20.0. The first kappa shape index (κ1) is 20.1. The summed E-state index contributed by atoms with van der Waals surface area (Å²) in [4.78, 5) is 25.7. The molecule has 0 aliphatic carbocycles. The van der Waals surface area contributed by atoms with Gasteiger partial charge in [-0.1, -0.05) is 5.16 Å². The first-order valence-electron chi connectivity index (χ1n) is 8.20. The Bertz CT molecular complexity index is 792. The molecule has 0 atom stereocenters. The highest BCUT2D eigenvalue weighted by Gasteiger charge is 2.20. The second-order valence-corrected chi connectivity index (χ2v) is 5.68. The summed E-state index contributed by atoms with van der Waals surface area (Å²) < 4.78 is 20.8. The number of ether oxygens (including phenoxy) is 3. The van der Waals surface area contributed by atoms with Gasteiger partial charge < -0.3 is 29.0 Å². The van der Waals surface area contributed by atoms with Crippen molar-refractivity contribution in [1.29, 1.82) is 0 Å². The lowest BCUT2D eigenvalue weighted by Gasteiger charge is -2.23. The number of nitrogens with one attached hydrogen (secondary N) is 1. The highest BCUT2D eigenvalue weighted by Crippen LogP contribution is 2.41. The number of aryl methyl sites for hydroxylation is 1. The van der Waals surface area contributed by atoms with Gasteiger partial charge in [0.1, 0.15) is 5.76 Å². The molecule has 1 aromatic heterocycles. The molecule has 0 radical (unpaired) electrons. The minimum absolute atomic E-state index is 0.0716. The van der Waals surface area contributed by atoms with Crippen molar-refractivity contribution in [3.63, 3.8) is 0 Å². The number of aromatic nitrogens is 1. The van der Waals surface area contributed by atoms with E-state index in [-0.39, 0.29) is 24.8 Å². The van der Waals surface area contributed by atoms with Crippen LogP contribution < -0.4 is 24.4 Å². The van der Waals surface area contributed by atoms with Crippen LogP contribution in [0.5, 0.6) is 17.2 Å². The molecule has 9 heteroatoms. The molecule has 0 bridgehead atoms. The smallest absolute Gasteiger partial charge is 0.227 e. The molecule has 146 valence electrons. The van der Waals surface area contributed by atoms with Gasteiger partial charge in [0.2, 0.25) is 17.6 Å². The zero-order valence-electron chi connectivity index (χ0n) is 16.0. The minimum Gasteiger partial charge on any atom is -0.493 e. The Morgan fingerprint density at radius 1 is 1.11 bits per heavy atom. The lowest BCUT2D eigenvalue weighted by molar-refractivity contribution is -0.117. The number of benzene rings is 1. The van der Waals surface area contributed by atoms with Gasteiger partial charge in [-0.05, 0) is 6.92 Å². The maximum Gasteiger partial charge on any atom is 0.227 e. The van der Waals surface area contributed by atoms with Crippen LogP contribution in [0.4, 0.5) is 11.5 Å². The van der Waals surface area contributed by atoms with Crippen LogP contribution in [-0.4, -0.2) is 44.8 Å².